The van der Waals surface area contributed by atoms with Crippen LogP contribution in [0.15, 0.2) is 24.3 Å². The first-order chi connectivity index (χ1) is 12.5. The SMILES string of the molecule is CCCC1(CCC)NC(=O)N(CC(=O)NCc2cccc(OC)c2)C1=O. The van der Waals surface area contributed by atoms with Crippen LogP contribution < -0.4 is 15.4 Å². The van der Waals surface area contributed by atoms with Crippen LogP contribution >= 0.6 is 0 Å². The van der Waals surface area contributed by atoms with Gasteiger partial charge in [-0.25, -0.2) is 4.79 Å². The molecule has 0 saturated carbocycles. The van der Waals surface area contributed by atoms with E-state index in [1.165, 1.54) is 0 Å². The maximum atomic E-state index is 12.8. The van der Waals surface area contributed by atoms with E-state index in [1.807, 2.05) is 38.1 Å². The summed E-state index contributed by atoms with van der Waals surface area (Å²) >= 11 is 0. The molecule has 1 aliphatic heterocycles. The van der Waals surface area contributed by atoms with E-state index in [0.717, 1.165) is 23.3 Å². The summed E-state index contributed by atoms with van der Waals surface area (Å²) in [6.45, 7) is 3.97. The fraction of sp³-hybridized carbons (Fsp3) is 0.526. The molecule has 1 saturated heterocycles. The van der Waals surface area contributed by atoms with E-state index in [0.29, 0.717) is 25.1 Å². The first kappa shape index (κ1) is 19.8. The molecule has 0 radical (unpaired) electrons. The van der Waals surface area contributed by atoms with E-state index in [9.17, 15) is 14.4 Å². The van der Waals surface area contributed by atoms with Crippen LogP contribution in [-0.4, -0.2) is 41.9 Å². The van der Waals surface area contributed by atoms with Crippen molar-refractivity contribution in [2.75, 3.05) is 13.7 Å². The summed E-state index contributed by atoms with van der Waals surface area (Å²) < 4.78 is 5.15. The Morgan fingerprint density at radius 2 is 1.92 bits per heavy atom. The molecule has 1 heterocycles. The Bertz CT molecular complexity index is 669. The molecule has 142 valence electrons. The van der Waals surface area contributed by atoms with Gasteiger partial charge in [-0.3, -0.25) is 14.5 Å². The second-order valence-electron chi connectivity index (χ2n) is 6.53. The average Bonchev–Trinajstić information content (AvgIpc) is 2.85. The fourth-order valence-corrected chi connectivity index (χ4v) is 3.32. The monoisotopic (exact) mass is 361 g/mol. The van der Waals surface area contributed by atoms with Crippen LogP contribution in [0.2, 0.25) is 0 Å². The molecule has 4 amide bonds. The number of carbonyl (C=O) groups is 3. The third-order valence-corrected chi connectivity index (χ3v) is 4.53. The Kier molecular flexibility index (Phi) is 6.60. The minimum Gasteiger partial charge on any atom is -0.497 e. The van der Waals surface area contributed by atoms with Gasteiger partial charge < -0.3 is 15.4 Å². The lowest BCUT2D eigenvalue weighted by atomic mass is 9.88. The molecule has 1 aliphatic rings. The number of benzene rings is 1. The quantitative estimate of drug-likeness (QED) is 0.660. The lowest BCUT2D eigenvalue weighted by molar-refractivity contribution is -0.135. The van der Waals surface area contributed by atoms with Crippen LogP contribution in [0, 0.1) is 0 Å². The predicted octanol–water partition coefficient (Wildman–Crippen LogP) is 2.20. The van der Waals surface area contributed by atoms with Crippen LogP contribution in [0.1, 0.15) is 45.1 Å². The lowest BCUT2D eigenvalue weighted by Gasteiger charge is -2.25. The molecule has 0 bridgehead atoms. The largest absolute Gasteiger partial charge is 0.497 e. The van der Waals surface area contributed by atoms with Gasteiger partial charge in [-0.2, -0.15) is 0 Å². The number of amides is 4. The summed E-state index contributed by atoms with van der Waals surface area (Å²) in [5.41, 5.74) is 0.00872. The molecule has 1 aromatic rings. The van der Waals surface area contributed by atoms with Gasteiger partial charge in [0.2, 0.25) is 5.91 Å². The van der Waals surface area contributed by atoms with Crippen LogP contribution in [0.4, 0.5) is 4.79 Å². The number of imide groups is 1. The van der Waals surface area contributed by atoms with Crippen molar-refractivity contribution in [1.29, 1.82) is 0 Å². The number of nitrogens with zero attached hydrogens (tertiary/aromatic N) is 1. The Morgan fingerprint density at radius 3 is 2.54 bits per heavy atom. The third-order valence-electron chi connectivity index (χ3n) is 4.53. The number of methoxy groups -OCH3 is 1. The summed E-state index contributed by atoms with van der Waals surface area (Å²) in [6, 6.07) is 6.85. The van der Waals surface area contributed by atoms with Gasteiger partial charge in [-0.1, -0.05) is 38.8 Å². The summed E-state index contributed by atoms with van der Waals surface area (Å²) in [7, 11) is 1.58. The number of nitrogens with one attached hydrogen (secondary N) is 2. The Morgan fingerprint density at radius 1 is 1.23 bits per heavy atom. The van der Waals surface area contributed by atoms with Crippen LogP contribution in [0.25, 0.3) is 0 Å². The Hall–Kier alpha value is -2.57. The molecule has 0 spiro atoms. The molecule has 0 unspecified atom stereocenters. The zero-order valence-electron chi connectivity index (χ0n) is 15.6. The highest BCUT2D eigenvalue weighted by atomic mass is 16.5. The minimum atomic E-state index is -0.867. The van der Waals surface area contributed by atoms with Crippen molar-refractivity contribution < 1.29 is 19.1 Å². The van der Waals surface area contributed by atoms with E-state index in [-0.39, 0.29) is 18.4 Å². The molecule has 0 aliphatic carbocycles. The standard InChI is InChI=1S/C19H27N3O4/c1-4-9-19(10-5-2)17(24)22(18(25)21-19)13-16(23)20-12-14-7-6-8-15(11-14)26-3/h6-8,11H,4-5,9-10,12-13H2,1-3H3,(H,20,23)(H,21,25). The maximum Gasteiger partial charge on any atom is 0.325 e. The zero-order valence-corrected chi connectivity index (χ0v) is 15.6. The van der Waals surface area contributed by atoms with Gasteiger partial charge in [-0.15, -0.1) is 0 Å². The molecule has 2 N–H and O–H groups in total. The van der Waals surface area contributed by atoms with Crippen molar-refractivity contribution >= 4 is 17.8 Å². The number of hydrogen-bond acceptors (Lipinski definition) is 4. The van der Waals surface area contributed by atoms with Crippen LogP contribution in [0.5, 0.6) is 5.75 Å². The zero-order chi connectivity index (χ0) is 19.2. The fourth-order valence-electron chi connectivity index (χ4n) is 3.32. The average molecular weight is 361 g/mol. The highest BCUT2D eigenvalue weighted by Crippen LogP contribution is 2.27. The molecule has 0 atom stereocenters. The van der Waals surface area contributed by atoms with Crippen LogP contribution in [0.3, 0.4) is 0 Å². The van der Waals surface area contributed by atoms with E-state index in [1.54, 1.807) is 7.11 Å². The van der Waals surface area contributed by atoms with Crippen molar-refractivity contribution in [3.63, 3.8) is 0 Å². The van der Waals surface area contributed by atoms with Gasteiger partial charge in [0.25, 0.3) is 5.91 Å². The Labute approximate surface area is 154 Å². The predicted molar refractivity (Wildman–Crippen MR) is 97.6 cm³/mol. The van der Waals surface area contributed by atoms with Crippen molar-refractivity contribution in [2.45, 2.75) is 51.6 Å². The maximum absolute atomic E-state index is 12.8. The van der Waals surface area contributed by atoms with Gasteiger partial charge in [-0.05, 0) is 30.5 Å². The smallest absolute Gasteiger partial charge is 0.325 e. The number of hydrogen-bond donors (Lipinski definition) is 2. The summed E-state index contributed by atoms with van der Waals surface area (Å²) in [4.78, 5) is 38.2. The van der Waals surface area contributed by atoms with E-state index in [4.69, 9.17) is 4.74 Å². The number of carbonyl (C=O) groups excluding carboxylic acids is 3. The van der Waals surface area contributed by atoms with Crippen molar-refractivity contribution in [1.82, 2.24) is 15.5 Å². The first-order valence-corrected chi connectivity index (χ1v) is 8.99. The van der Waals surface area contributed by atoms with Crippen molar-refractivity contribution in [3.05, 3.63) is 29.8 Å². The minimum absolute atomic E-state index is 0.274. The van der Waals surface area contributed by atoms with Gasteiger partial charge >= 0.3 is 6.03 Å². The molecular weight excluding hydrogens is 334 g/mol. The number of rotatable bonds is 9. The molecule has 0 aromatic heterocycles. The summed E-state index contributed by atoms with van der Waals surface area (Å²) in [5.74, 6) is 0.0256. The number of urea groups is 1. The van der Waals surface area contributed by atoms with Crippen molar-refractivity contribution in [2.24, 2.45) is 0 Å². The molecule has 2 rings (SSSR count). The molecular formula is C19H27N3O4. The normalized spacial score (nSPS) is 15.7. The molecule has 7 nitrogen and oxygen atoms in total. The second kappa shape index (κ2) is 8.69. The number of ether oxygens (including phenoxy) is 1. The van der Waals surface area contributed by atoms with Crippen LogP contribution in [-0.2, 0) is 16.1 Å². The second-order valence-corrected chi connectivity index (χ2v) is 6.53. The molecule has 1 fully saturated rings. The first-order valence-electron chi connectivity index (χ1n) is 8.99. The third kappa shape index (κ3) is 4.33. The van der Waals surface area contributed by atoms with E-state index in [2.05, 4.69) is 10.6 Å². The van der Waals surface area contributed by atoms with Crippen molar-refractivity contribution in [3.8, 4) is 5.75 Å². The van der Waals surface area contributed by atoms with Gasteiger partial charge in [0.05, 0.1) is 7.11 Å². The van der Waals surface area contributed by atoms with Gasteiger partial charge in [0.15, 0.2) is 0 Å². The summed E-state index contributed by atoms with van der Waals surface area (Å²) in [5, 5.41) is 5.55. The molecule has 26 heavy (non-hydrogen) atoms. The van der Waals surface area contributed by atoms with E-state index >= 15 is 0 Å². The highest BCUT2D eigenvalue weighted by Gasteiger charge is 2.50. The lowest BCUT2D eigenvalue weighted by Crippen LogP contribution is -2.47. The molecule has 7 heteroatoms. The molecule has 1 aromatic carbocycles. The Balaban J connectivity index is 1.97. The van der Waals surface area contributed by atoms with E-state index < -0.39 is 11.6 Å². The van der Waals surface area contributed by atoms with Gasteiger partial charge in [0, 0.05) is 6.54 Å². The summed E-state index contributed by atoms with van der Waals surface area (Å²) in [6.07, 6.45) is 2.71. The van der Waals surface area contributed by atoms with Gasteiger partial charge in [0.1, 0.15) is 17.8 Å². The highest BCUT2D eigenvalue weighted by molar-refractivity contribution is 6.09. The topological polar surface area (TPSA) is 87.7 Å².